The van der Waals surface area contributed by atoms with E-state index in [2.05, 4.69) is 43.5 Å². The van der Waals surface area contributed by atoms with Crippen molar-refractivity contribution in [1.82, 2.24) is 5.32 Å². The fourth-order valence-corrected chi connectivity index (χ4v) is 8.10. The van der Waals surface area contributed by atoms with Gasteiger partial charge in [0.05, 0.1) is 18.8 Å². The maximum Gasteiger partial charge on any atom is 0.220 e. The summed E-state index contributed by atoms with van der Waals surface area (Å²) in [5.74, 6) is -0.0729. The van der Waals surface area contributed by atoms with Gasteiger partial charge in [0.25, 0.3) is 0 Å². The quantitative estimate of drug-likeness (QED) is 0.0423. The number of hydrogen-bond acceptors (Lipinski definition) is 3. The van der Waals surface area contributed by atoms with Crippen LogP contribution in [0.5, 0.6) is 0 Å². The topological polar surface area (TPSA) is 69.6 Å². The highest BCUT2D eigenvalue weighted by Crippen LogP contribution is 2.17. The predicted molar refractivity (Wildman–Crippen MR) is 258 cm³/mol. The third kappa shape index (κ3) is 45.7. The van der Waals surface area contributed by atoms with Crippen LogP contribution < -0.4 is 5.32 Å². The molecule has 58 heavy (non-hydrogen) atoms. The van der Waals surface area contributed by atoms with Crippen LogP contribution in [0.4, 0.5) is 0 Å². The van der Waals surface area contributed by atoms with E-state index < -0.39 is 12.1 Å². The van der Waals surface area contributed by atoms with Crippen LogP contribution in [0.15, 0.2) is 36.5 Å². The van der Waals surface area contributed by atoms with E-state index in [1.54, 1.807) is 6.08 Å². The average molecular weight is 814 g/mol. The molecule has 0 aromatic heterocycles. The second kappa shape index (κ2) is 50.0. The molecule has 0 fully saturated rings. The Morgan fingerprint density at radius 2 is 0.672 bits per heavy atom. The second-order valence-corrected chi connectivity index (χ2v) is 17.9. The molecule has 0 aliphatic carbocycles. The van der Waals surface area contributed by atoms with Gasteiger partial charge in [-0.3, -0.25) is 4.79 Å². The first-order valence-corrected chi connectivity index (χ1v) is 26.2. The Labute approximate surface area is 363 Å². The third-order valence-corrected chi connectivity index (χ3v) is 12.1. The van der Waals surface area contributed by atoms with E-state index >= 15 is 0 Å². The van der Waals surface area contributed by atoms with Crippen molar-refractivity contribution in [3.05, 3.63) is 36.5 Å². The van der Waals surface area contributed by atoms with Crippen molar-refractivity contribution < 1.29 is 15.0 Å². The smallest absolute Gasteiger partial charge is 0.220 e. The summed E-state index contributed by atoms with van der Waals surface area (Å²) >= 11 is 0. The summed E-state index contributed by atoms with van der Waals surface area (Å²) in [5.41, 5.74) is 0. The van der Waals surface area contributed by atoms with Crippen LogP contribution in [-0.4, -0.2) is 34.9 Å². The molecule has 0 radical (unpaired) electrons. The summed E-state index contributed by atoms with van der Waals surface area (Å²) in [5, 5.41) is 23.1. The molecule has 0 bridgehead atoms. The highest BCUT2D eigenvalue weighted by atomic mass is 16.3. The molecular formula is C54H103NO3. The molecule has 342 valence electrons. The number of rotatable bonds is 48. The lowest BCUT2D eigenvalue weighted by Crippen LogP contribution is -2.45. The molecule has 0 aromatic carbocycles. The molecule has 2 unspecified atom stereocenters. The van der Waals surface area contributed by atoms with Crippen LogP contribution in [0.3, 0.4) is 0 Å². The Morgan fingerprint density at radius 3 is 1.00 bits per heavy atom. The number of amides is 1. The van der Waals surface area contributed by atoms with Gasteiger partial charge >= 0.3 is 0 Å². The molecule has 0 spiro atoms. The molecule has 0 heterocycles. The first-order chi connectivity index (χ1) is 28.7. The van der Waals surface area contributed by atoms with Gasteiger partial charge in [-0.15, -0.1) is 0 Å². The molecule has 4 nitrogen and oxygen atoms in total. The molecule has 0 rings (SSSR count). The Morgan fingerprint density at radius 1 is 0.397 bits per heavy atom. The van der Waals surface area contributed by atoms with Crippen molar-refractivity contribution in [1.29, 1.82) is 0 Å². The standard InChI is InChI=1S/C54H103NO3/c1-3-5-7-9-11-13-15-17-19-21-23-24-25-26-27-28-29-30-32-34-36-38-40-42-44-46-48-50-54(58)55-52(51-56)53(57)49-47-45-43-41-39-37-35-33-31-22-20-18-16-14-12-10-8-6-4-2/h31,33,39,41,47,49,52-53,56-57H,3-30,32,34-38,40,42-46,48,50-51H2,1-2H3,(H,55,58)/b33-31+,41-39+,49-47+. The normalized spacial score (nSPS) is 13.1. The van der Waals surface area contributed by atoms with Crippen molar-refractivity contribution in [2.24, 2.45) is 0 Å². The minimum atomic E-state index is -0.868. The van der Waals surface area contributed by atoms with Crippen molar-refractivity contribution in [3.8, 4) is 0 Å². The molecule has 0 saturated carbocycles. The van der Waals surface area contributed by atoms with Gasteiger partial charge in [0.15, 0.2) is 0 Å². The summed E-state index contributed by atoms with van der Waals surface area (Å²) in [6, 6.07) is -0.643. The van der Waals surface area contributed by atoms with E-state index in [0.717, 1.165) is 38.5 Å². The van der Waals surface area contributed by atoms with Crippen molar-refractivity contribution in [3.63, 3.8) is 0 Å². The number of aliphatic hydroxyl groups is 2. The zero-order chi connectivity index (χ0) is 42.1. The third-order valence-electron chi connectivity index (χ3n) is 12.1. The lowest BCUT2D eigenvalue weighted by atomic mass is 10.0. The zero-order valence-electron chi connectivity index (χ0n) is 39.3. The Balaban J connectivity index is 3.52. The highest BCUT2D eigenvalue weighted by molar-refractivity contribution is 5.76. The van der Waals surface area contributed by atoms with Gasteiger partial charge in [-0.25, -0.2) is 0 Å². The Kier molecular flexibility index (Phi) is 48.8. The summed E-state index contributed by atoms with van der Waals surface area (Å²) in [6.07, 6.45) is 67.2. The van der Waals surface area contributed by atoms with Crippen LogP contribution in [0.2, 0.25) is 0 Å². The summed E-state index contributed by atoms with van der Waals surface area (Å²) in [7, 11) is 0. The monoisotopic (exact) mass is 814 g/mol. The van der Waals surface area contributed by atoms with Crippen LogP contribution in [0.1, 0.15) is 284 Å². The maximum atomic E-state index is 12.4. The number of carbonyl (C=O) groups excluding carboxylic acids is 1. The van der Waals surface area contributed by atoms with Crippen LogP contribution in [0, 0.1) is 0 Å². The fourth-order valence-electron chi connectivity index (χ4n) is 8.10. The van der Waals surface area contributed by atoms with E-state index in [1.165, 1.54) is 225 Å². The van der Waals surface area contributed by atoms with E-state index in [0.29, 0.717) is 6.42 Å². The van der Waals surface area contributed by atoms with Crippen molar-refractivity contribution >= 4 is 5.91 Å². The van der Waals surface area contributed by atoms with Gasteiger partial charge in [0.1, 0.15) is 0 Å². The van der Waals surface area contributed by atoms with Crippen LogP contribution in [-0.2, 0) is 4.79 Å². The summed E-state index contributed by atoms with van der Waals surface area (Å²) in [4.78, 5) is 12.4. The van der Waals surface area contributed by atoms with E-state index in [1.807, 2.05) is 6.08 Å². The van der Waals surface area contributed by atoms with Crippen molar-refractivity contribution in [2.75, 3.05) is 6.61 Å². The van der Waals surface area contributed by atoms with E-state index in [-0.39, 0.29) is 12.5 Å². The van der Waals surface area contributed by atoms with Gasteiger partial charge in [0.2, 0.25) is 5.91 Å². The minimum absolute atomic E-state index is 0.0729. The molecule has 2 atom stereocenters. The lowest BCUT2D eigenvalue weighted by Gasteiger charge is -2.19. The van der Waals surface area contributed by atoms with Crippen LogP contribution >= 0.6 is 0 Å². The molecular weight excluding hydrogens is 711 g/mol. The first-order valence-electron chi connectivity index (χ1n) is 26.2. The lowest BCUT2D eigenvalue weighted by molar-refractivity contribution is -0.123. The van der Waals surface area contributed by atoms with Gasteiger partial charge in [0, 0.05) is 6.42 Å². The SMILES string of the molecule is CCCCCCCCCCC/C=C/CC/C=C/CC/C=C/C(O)C(CO)NC(=O)CCCCCCCCCCCCCCCCCCCCCCCCCCCCC. The Bertz CT molecular complexity index is 882. The predicted octanol–water partition coefficient (Wildman–Crippen LogP) is 16.9. The highest BCUT2D eigenvalue weighted by Gasteiger charge is 2.17. The summed E-state index contributed by atoms with van der Waals surface area (Å²) < 4.78 is 0. The van der Waals surface area contributed by atoms with Crippen molar-refractivity contribution in [2.45, 2.75) is 296 Å². The minimum Gasteiger partial charge on any atom is -0.394 e. The number of hydrogen-bond donors (Lipinski definition) is 3. The largest absolute Gasteiger partial charge is 0.394 e. The molecule has 0 aliphatic heterocycles. The molecule has 0 aliphatic rings. The second-order valence-electron chi connectivity index (χ2n) is 17.9. The van der Waals surface area contributed by atoms with E-state index in [4.69, 9.17) is 0 Å². The first kappa shape index (κ1) is 56.6. The Hall–Kier alpha value is -1.39. The van der Waals surface area contributed by atoms with E-state index in [9.17, 15) is 15.0 Å². The molecule has 1 amide bonds. The average Bonchev–Trinajstić information content (AvgIpc) is 3.23. The van der Waals surface area contributed by atoms with Gasteiger partial charge in [-0.2, -0.15) is 0 Å². The molecule has 4 heteroatoms. The van der Waals surface area contributed by atoms with Gasteiger partial charge < -0.3 is 15.5 Å². The van der Waals surface area contributed by atoms with Gasteiger partial charge in [-0.1, -0.05) is 269 Å². The zero-order valence-corrected chi connectivity index (χ0v) is 39.3. The van der Waals surface area contributed by atoms with Crippen LogP contribution in [0.25, 0.3) is 0 Å². The molecule has 0 saturated heterocycles. The summed E-state index contributed by atoms with van der Waals surface area (Å²) in [6.45, 7) is 4.32. The molecule has 3 N–H and O–H groups in total. The number of unbranched alkanes of at least 4 members (excludes halogenated alkanes) is 37. The number of nitrogens with one attached hydrogen (secondary N) is 1. The maximum absolute atomic E-state index is 12.4. The number of aliphatic hydroxyl groups excluding tert-OH is 2. The number of carbonyl (C=O) groups is 1. The number of allylic oxidation sites excluding steroid dienone is 5. The fraction of sp³-hybridized carbons (Fsp3) is 0.870. The molecule has 0 aromatic rings. The van der Waals surface area contributed by atoms with Gasteiger partial charge in [-0.05, 0) is 44.9 Å².